The van der Waals surface area contributed by atoms with Crippen LogP contribution in [0.25, 0.3) is 0 Å². The molecule has 2 nitrogen and oxygen atoms in total. The van der Waals surface area contributed by atoms with Crippen molar-refractivity contribution in [2.45, 2.75) is 46.1 Å². The van der Waals surface area contributed by atoms with Crippen LogP contribution in [0.5, 0.6) is 0 Å². The van der Waals surface area contributed by atoms with Crippen LogP contribution in [0, 0.1) is 5.92 Å². The van der Waals surface area contributed by atoms with E-state index in [0.717, 1.165) is 19.0 Å². The zero-order chi connectivity index (χ0) is 10.6. The highest BCUT2D eigenvalue weighted by molar-refractivity contribution is 4.86. The molecule has 84 valence electrons. The summed E-state index contributed by atoms with van der Waals surface area (Å²) in [5.41, 5.74) is 0.330. The largest absolute Gasteiger partial charge is 0.315 e. The zero-order valence-electron chi connectivity index (χ0n) is 10.3. The highest BCUT2D eigenvalue weighted by atomic mass is 15.2. The van der Waals surface area contributed by atoms with E-state index in [1.54, 1.807) is 0 Å². The second-order valence-corrected chi connectivity index (χ2v) is 5.26. The number of nitrogens with one attached hydrogen (secondary N) is 1. The summed E-state index contributed by atoms with van der Waals surface area (Å²) in [4.78, 5) is 2.63. The minimum absolute atomic E-state index is 0.330. The minimum Gasteiger partial charge on any atom is -0.315 e. The number of hydrogen-bond donors (Lipinski definition) is 1. The topological polar surface area (TPSA) is 15.3 Å². The maximum atomic E-state index is 3.46. The fourth-order valence-electron chi connectivity index (χ4n) is 2.16. The molecule has 1 N–H and O–H groups in total. The Hall–Kier alpha value is -0.0800. The van der Waals surface area contributed by atoms with Crippen molar-refractivity contribution in [2.24, 2.45) is 5.92 Å². The molecule has 0 unspecified atom stereocenters. The first kappa shape index (κ1) is 12.0. The lowest BCUT2D eigenvalue weighted by molar-refractivity contribution is 0.0781. The average Bonchev–Trinajstić information content (AvgIpc) is 2.16. The van der Waals surface area contributed by atoms with E-state index in [0.29, 0.717) is 5.54 Å². The molecular formula is C12H26N2. The van der Waals surface area contributed by atoms with Crippen molar-refractivity contribution in [3.8, 4) is 0 Å². The quantitative estimate of drug-likeness (QED) is 0.744. The third kappa shape index (κ3) is 3.25. The van der Waals surface area contributed by atoms with E-state index in [1.165, 1.54) is 25.9 Å². The fraction of sp³-hybridized carbons (Fsp3) is 1.00. The summed E-state index contributed by atoms with van der Waals surface area (Å²) >= 11 is 0. The Morgan fingerprint density at radius 3 is 2.36 bits per heavy atom. The maximum absolute atomic E-state index is 3.46. The zero-order valence-corrected chi connectivity index (χ0v) is 10.3. The fourth-order valence-corrected chi connectivity index (χ4v) is 2.16. The standard InChI is InChI=1S/C12H26N2/c1-5-13-10-12(3,4)14-8-6-11(2)7-9-14/h11,13H,5-10H2,1-4H3. The Balaban J connectivity index is 2.38. The molecule has 1 heterocycles. The number of rotatable bonds is 4. The first-order chi connectivity index (χ1) is 6.56. The van der Waals surface area contributed by atoms with Crippen LogP contribution in [0.4, 0.5) is 0 Å². The summed E-state index contributed by atoms with van der Waals surface area (Å²) in [7, 11) is 0. The Kier molecular flexibility index (Phi) is 4.39. The van der Waals surface area contributed by atoms with Crippen LogP contribution in [0.15, 0.2) is 0 Å². The van der Waals surface area contributed by atoms with Gasteiger partial charge in [0, 0.05) is 12.1 Å². The molecule has 0 aromatic heterocycles. The normalized spacial score (nSPS) is 21.4. The van der Waals surface area contributed by atoms with Crippen LogP contribution >= 0.6 is 0 Å². The monoisotopic (exact) mass is 198 g/mol. The van der Waals surface area contributed by atoms with E-state index in [4.69, 9.17) is 0 Å². The molecule has 0 saturated carbocycles. The summed E-state index contributed by atoms with van der Waals surface area (Å²) in [5, 5.41) is 3.46. The van der Waals surface area contributed by atoms with Gasteiger partial charge in [0.2, 0.25) is 0 Å². The third-order valence-electron chi connectivity index (χ3n) is 3.45. The van der Waals surface area contributed by atoms with E-state index in [-0.39, 0.29) is 0 Å². The molecule has 1 fully saturated rings. The van der Waals surface area contributed by atoms with Crippen LogP contribution in [0.2, 0.25) is 0 Å². The van der Waals surface area contributed by atoms with Gasteiger partial charge in [-0.3, -0.25) is 4.90 Å². The molecule has 0 amide bonds. The van der Waals surface area contributed by atoms with Gasteiger partial charge in [-0.1, -0.05) is 13.8 Å². The van der Waals surface area contributed by atoms with Gasteiger partial charge in [0.25, 0.3) is 0 Å². The van der Waals surface area contributed by atoms with Crippen LogP contribution in [0.1, 0.15) is 40.5 Å². The number of hydrogen-bond acceptors (Lipinski definition) is 2. The smallest absolute Gasteiger partial charge is 0.0277 e. The molecule has 0 aromatic carbocycles. The molecule has 1 aliphatic rings. The summed E-state index contributed by atoms with van der Waals surface area (Å²) in [6.45, 7) is 14.0. The molecule has 0 atom stereocenters. The first-order valence-corrected chi connectivity index (χ1v) is 6.02. The number of nitrogens with zero attached hydrogens (tertiary/aromatic N) is 1. The Morgan fingerprint density at radius 2 is 1.86 bits per heavy atom. The van der Waals surface area contributed by atoms with E-state index in [2.05, 4.69) is 37.9 Å². The van der Waals surface area contributed by atoms with Gasteiger partial charge >= 0.3 is 0 Å². The van der Waals surface area contributed by atoms with Gasteiger partial charge in [-0.25, -0.2) is 0 Å². The molecule has 1 rings (SSSR count). The van der Waals surface area contributed by atoms with Crippen molar-refractivity contribution in [1.82, 2.24) is 10.2 Å². The molecule has 0 bridgehead atoms. The van der Waals surface area contributed by atoms with Crippen molar-refractivity contribution in [3.63, 3.8) is 0 Å². The summed E-state index contributed by atoms with van der Waals surface area (Å²) in [5.74, 6) is 0.932. The van der Waals surface area contributed by atoms with Gasteiger partial charge < -0.3 is 5.32 Å². The molecular weight excluding hydrogens is 172 g/mol. The first-order valence-electron chi connectivity index (χ1n) is 6.02. The van der Waals surface area contributed by atoms with Crippen LogP contribution < -0.4 is 5.32 Å². The molecule has 0 radical (unpaired) electrons. The van der Waals surface area contributed by atoms with E-state index in [1.807, 2.05) is 0 Å². The molecule has 0 aliphatic carbocycles. The van der Waals surface area contributed by atoms with Crippen molar-refractivity contribution >= 4 is 0 Å². The highest BCUT2D eigenvalue weighted by Gasteiger charge is 2.28. The van der Waals surface area contributed by atoms with Crippen LogP contribution in [0.3, 0.4) is 0 Å². The second kappa shape index (κ2) is 5.13. The lowest BCUT2D eigenvalue weighted by Crippen LogP contribution is -2.53. The maximum Gasteiger partial charge on any atom is 0.0277 e. The Bertz CT molecular complexity index is 158. The van der Waals surface area contributed by atoms with Crippen LogP contribution in [-0.4, -0.2) is 36.6 Å². The van der Waals surface area contributed by atoms with Crippen molar-refractivity contribution in [3.05, 3.63) is 0 Å². The Morgan fingerprint density at radius 1 is 1.29 bits per heavy atom. The second-order valence-electron chi connectivity index (χ2n) is 5.26. The van der Waals surface area contributed by atoms with E-state index >= 15 is 0 Å². The summed E-state index contributed by atoms with van der Waals surface area (Å²) in [6, 6.07) is 0. The molecule has 0 spiro atoms. The van der Waals surface area contributed by atoms with Crippen molar-refractivity contribution < 1.29 is 0 Å². The van der Waals surface area contributed by atoms with Gasteiger partial charge in [0.05, 0.1) is 0 Å². The van der Waals surface area contributed by atoms with Gasteiger partial charge in [0.1, 0.15) is 0 Å². The third-order valence-corrected chi connectivity index (χ3v) is 3.45. The van der Waals surface area contributed by atoms with Crippen molar-refractivity contribution in [1.29, 1.82) is 0 Å². The predicted molar refractivity (Wildman–Crippen MR) is 62.6 cm³/mol. The average molecular weight is 198 g/mol. The van der Waals surface area contributed by atoms with E-state index in [9.17, 15) is 0 Å². The molecule has 2 heteroatoms. The van der Waals surface area contributed by atoms with Gasteiger partial charge in [-0.2, -0.15) is 0 Å². The van der Waals surface area contributed by atoms with Crippen LogP contribution in [-0.2, 0) is 0 Å². The van der Waals surface area contributed by atoms with Gasteiger partial charge in [-0.05, 0) is 52.2 Å². The van der Waals surface area contributed by atoms with Crippen molar-refractivity contribution in [2.75, 3.05) is 26.2 Å². The Labute approximate surface area is 89.1 Å². The predicted octanol–water partition coefficient (Wildman–Crippen LogP) is 2.11. The molecule has 0 aromatic rings. The lowest BCUT2D eigenvalue weighted by Gasteiger charge is -2.42. The summed E-state index contributed by atoms with van der Waals surface area (Å²) < 4.78 is 0. The highest BCUT2D eigenvalue weighted by Crippen LogP contribution is 2.23. The number of likely N-dealkylation sites (tertiary alicyclic amines) is 1. The van der Waals surface area contributed by atoms with E-state index < -0.39 is 0 Å². The molecule has 1 aliphatic heterocycles. The molecule has 14 heavy (non-hydrogen) atoms. The number of piperidine rings is 1. The lowest BCUT2D eigenvalue weighted by atomic mass is 9.93. The van der Waals surface area contributed by atoms with Gasteiger partial charge in [0.15, 0.2) is 0 Å². The summed E-state index contributed by atoms with van der Waals surface area (Å²) in [6.07, 6.45) is 2.74. The molecule has 1 saturated heterocycles. The minimum atomic E-state index is 0.330. The number of likely N-dealkylation sites (N-methyl/N-ethyl adjacent to an activating group) is 1. The van der Waals surface area contributed by atoms with Gasteiger partial charge in [-0.15, -0.1) is 0 Å². The SMILES string of the molecule is CCNCC(C)(C)N1CCC(C)CC1.